The molecule has 0 radical (unpaired) electrons. The Morgan fingerprint density at radius 1 is 1.31 bits per heavy atom. The highest BCUT2D eigenvalue weighted by molar-refractivity contribution is 7.48. The Bertz CT molecular complexity index is 267. The lowest BCUT2D eigenvalue weighted by molar-refractivity contribution is -0.0113. The minimum Gasteiger partial charge on any atom is -0.388 e. The predicted octanol–water partition coefficient (Wildman–Crippen LogP) is -1.52. The van der Waals surface area contributed by atoms with Gasteiger partial charge in [0.2, 0.25) is 0 Å². The number of hydrogen-bond acceptors (Lipinski definition) is 7. The van der Waals surface area contributed by atoms with Crippen LogP contribution >= 0.6 is 7.82 Å². The fraction of sp³-hybridized carbons (Fsp3) is 1.00. The number of hydrogen-bond donors (Lipinski definition) is 2. The van der Waals surface area contributed by atoms with Crippen LogP contribution in [-0.2, 0) is 22.9 Å². The van der Waals surface area contributed by atoms with Crippen LogP contribution in [0.4, 0.5) is 0 Å². The Labute approximate surface area is 94.7 Å². The summed E-state index contributed by atoms with van der Waals surface area (Å²) in [7, 11) is 0.429. The molecule has 1 saturated heterocycles. The van der Waals surface area contributed by atoms with Crippen molar-refractivity contribution in [3.63, 3.8) is 0 Å². The summed E-state index contributed by atoms with van der Waals surface area (Å²) in [4.78, 5) is 0. The van der Waals surface area contributed by atoms with Gasteiger partial charge in [-0.15, -0.1) is 0 Å². The van der Waals surface area contributed by atoms with E-state index in [4.69, 9.17) is 9.26 Å². The minimum atomic E-state index is -3.57. The van der Waals surface area contributed by atoms with E-state index in [2.05, 4.69) is 9.05 Å². The van der Waals surface area contributed by atoms with Crippen LogP contribution in [0.1, 0.15) is 0 Å². The van der Waals surface area contributed by atoms with Crippen molar-refractivity contribution in [2.75, 3.05) is 20.8 Å². The zero-order chi connectivity index (χ0) is 12.3. The third-order valence-corrected chi connectivity index (χ3v) is 3.81. The van der Waals surface area contributed by atoms with E-state index in [9.17, 15) is 14.8 Å². The Morgan fingerprint density at radius 3 is 2.25 bits per heavy atom. The predicted molar refractivity (Wildman–Crippen MR) is 56.8 cm³/mol. The van der Waals surface area contributed by atoms with E-state index in [1.54, 1.807) is 7.85 Å². The van der Waals surface area contributed by atoms with Crippen LogP contribution in [0.2, 0.25) is 0 Å². The average Bonchev–Trinajstić information content (AvgIpc) is 2.54. The second-order valence-electron chi connectivity index (χ2n) is 3.47. The molecule has 16 heavy (non-hydrogen) atoms. The van der Waals surface area contributed by atoms with Gasteiger partial charge in [0.05, 0.1) is 12.6 Å². The van der Waals surface area contributed by atoms with Crippen LogP contribution < -0.4 is 0 Å². The minimum absolute atomic E-state index is 0.179. The van der Waals surface area contributed by atoms with E-state index in [0.717, 1.165) is 0 Å². The summed E-state index contributed by atoms with van der Waals surface area (Å²) < 4.78 is 30.7. The van der Waals surface area contributed by atoms with Crippen LogP contribution in [0, 0.1) is 0 Å². The summed E-state index contributed by atoms with van der Waals surface area (Å²) in [6.07, 6.45) is -2.79. The van der Waals surface area contributed by atoms with Crippen molar-refractivity contribution in [3.8, 4) is 0 Å². The standard InChI is InChI=1S/C7H16BO7P/c1-12-16(11,13-2)14-3-4-5(9)6(10)7(8)15-4/h4-7,9-10H,3,8H2,1-2H3/t4-,5+,6?,7-/m1/s1. The molecule has 4 atom stereocenters. The molecular formula is C7H16BO7P. The molecular weight excluding hydrogens is 238 g/mol. The van der Waals surface area contributed by atoms with Crippen LogP contribution in [0.5, 0.6) is 0 Å². The number of aliphatic hydroxyl groups excluding tert-OH is 2. The van der Waals surface area contributed by atoms with Crippen molar-refractivity contribution in [1.82, 2.24) is 0 Å². The zero-order valence-electron chi connectivity index (χ0n) is 9.40. The van der Waals surface area contributed by atoms with Crippen LogP contribution in [0.15, 0.2) is 0 Å². The molecule has 1 aliphatic heterocycles. The molecule has 0 aromatic rings. The maximum Gasteiger partial charge on any atom is 0.474 e. The first-order valence-corrected chi connectivity index (χ1v) is 6.27. The lowest BCUT2D eigenvalue weighted by Gasteiger charge is -2.18. The van der Waals surface area contributed by atoms with Gasteiger partial charge in [0.15, 0.2) is 0 Å². The Kier molecular flexibility index (Phi) is 4.94. The SMILES string of the molecule is B[C@@H]1O[C@H](COP(=O)(OC)OC)[C@H](O)C1O. The third kappa shape index (κ3) is 3.04. The summed E-state index contributed by atoms with van der Waals surface area (Å²) in [5, 5.41) is 19.0. The molecule has 0 spiro atoms. The second kappa shape index (κ2) is 5.60. The fourth-order valence-electron chi connectivity index (χ4n) is 1.42. The van der Waals surface area contributed by atoms with Gasteiger partial charge in [0.1, 0.15) is 26.2 Å². The monoisotopic (exact) mass is 254 g/mol. The van der Waals surface area contributed by atoms with Crippen LogP contribution in [-0.4, -0.2) is 63.2 Å². The van der Waals surface area contributed by atoms with Gasteiger partial charge in [-0.05, 0) is 0 Å². The molecule has 0 bridgehead atoms. The van der Waals surface area contributed by atoms with Crippen molar-refractivity contribution in [2.45, 2.75) is 24.3 Å². The molecule has 0 amide bonds. The van der Waals surface area contributed by atoms with Crippen LogP contribution in [0.3, 0.4) is 0 Å². The van der Waals surface area contributed by atoms with Gasteiger partial charge in [0.25, 0.3) is 0 Å². The van der Waals surface area contributed by atoms with Gasteiger partial charge in [-0.1, -0.05) is 0 Å². The van der Waals surface area contributed by atoms with Crippen molar-refractivity contribution in [2.24, 2.45) is 0 Å². The molecule has 0 saturated carbocycles. The van der Waals surface area contributed by atoms with E-state index in [-0.39, 0.29) is 6.61 Å². The smallest absolute Gasteiger partial charge is 0.388 e. The summed E-state index contributed by atoms with van der Waals surface area (Å²) in [6, 6.07) is -0.493. The van der Waals surface area contributed by atoms with Gasteiger partial charge in [0, 0.05) is 14.2 Å². The summed E-state index contributed by atoms with van der Waals surface area (Å²) >= 11 is 0. The maximum atomic E-state index is 11.5. The first-order chi connectivity index (χ1) is 7.43. The quantitative estimate of drug-likeness (QED) is 0.454. The van der Waals surface area contributed by atoms with E-state index >= 15 is 0 Å². The first kappa shape index (κ1) is 14.1. The molecule has 1 heterocycles. The normalized spacial score (nSPS) is 35.5. The Hall–Kier alpha value is 0.0549. The molecule has 1 unspecified atom stereocenters. The van der Waals surface area contributed by atoms with Crippen molar-refractivity contribution < 1.29 is 33.1 Å². The number of ether oxygens (including phenoxy) is 1. The highest BCUT2D eigenvalue weighted by Gasteiger charge is 2.41. The molecule has 1 aliphatic rings. The second-order valence-corrected chi connectivity index (χ2v) is 5.35. The maximum absolute atomic E-state index is 11.5. The number of phosphoric acid groups is 1. The zero-order valence-corrected chi connectivity index (χ0v) is 10.3. The summed E-state index contributed by atoms with van der Waals surface area (Å²) in [6.45, 7) is -0.179. The van der Waals surface area contributed by atoms with Crippen LogP contribution in [0.25, 0.3) is 0 Å². The van der Waals surface area contributed by atoms with E-state index < -0.39 is 32.1 Å². The average molecular weight is 254 g/mol. The van der Waals surface area contributed by atoms with Gasteiger partial charge in [-0.25, -0.2) is 4.57 Å². The van der Waals surface area contributed by atoms with Crippen molar-refractivity contribution in [1.29, 1.82) is 0 Å². The molecule has 1 rings (SSSR count). The molecule has 9 heteroatoms. The number of rotatable bonds is 5. The van der Waals surface area contributed by atoms with Crippen molar-refractivity contribution >= 4 is 15.7 Å². The molecule has 0 aromatic carbocycles. The van der Waals surface area contributed by atoms with E-state index in [0.29, 0.717) is 0 Å². The topological polar surface area (TPSA) is 94.5 Å². The lowest BCUT2D eigenvalue weighted by Crippen LogP contribution is -2.34. The highest BCUT2D eigenvalue weighted by atomic mass is 31.2. The van der Waals surface area contributed by atoms with Gasteiger partial charge in [-0.2, -0.15) is 0 Å². The molecule has 94 valence electrons. The van der Waals surface area contributed by atoms with E-state index in [1.165, 1.54) is 14.2 Å². The van der Waals surface area contributed by atoms with Crippen molar-refractivity contribution in [3.05, 3.63) is 0 Å². The molecule has 0 aromatic heterocycles. The Balaban J connectivity index is 2.48. The first-order valence-electron chi connectivity index (χ1n) is 4.81. The van der Waals surface area contributed by atoms with E-state index in [1.807, 2.05) is 0 Å². The molecule has 7 nitrogen and oxygen atoms in total. The van der Waals surface area contributed by atoms with Gasteiger partial charge in [-0.3, -0.25) is 13.6 Å². The molecule has 2 N–H and O–H groups in total. The highest BCUT2D eigenvalue weighted by Crippen LogP contribution is 2.47. The largest absolute Gasteiger partial charge is 0.474 e. The van der Waals surface area contributed by atoms with Gasteiger partial charge >= 0.3 is 7.82 Å². The molecule has 0 aliphatic carbocycles. The third-order valence-electron chi connectivity index (χ3n) is 2.45. The summed E-state index contributed by atoms with van der Waals surface area (Å²) in [5.41, 5.74) is 0. The Morgan fingerprint density at radius 2 is 1.88 bits per heavy atom. The van der Waals surface area contributed by atoms with Gasteiger partial charge < -0.3 is 14.9 Å². The number of aliphatic hydroxyl groups is 2. The molecule has 1 fully saturated rings. The number of phosphoric ester groups is 1. The lowest BCUT2D eigenvalue weighted by atomic mass is 9.93. The fourth-order valence-corrected chi connectivity index (χ4v) is 2.11. The summed E-state index contributed by atoms with van der Waals surface area (Å²) in [5.74, 6) is 0.